The molecule has 1 amide bonds. The van der Waals surface area contributed by atoms with Gasteiger partial charge in [0.2, 0.25) is 0 Å². The Morgan fingerprint density at radius 2 is 1.74 bits per heavy atom. The molecule has 0 saturated carbocycles. The van der Waals surface area contributed by atoms with Crippen molar-refractivity contribution in [2.75, 3.05) is 13.7 Å². The molecule has 1 N–H and O–H groups in total. The number of carbonyl (C=O) groups excluding carboxylic acids is 2. The molecule has 2 aromatic carbocycles. The van der Waals surface area contributed by atoms with Crippen LogP contribution in [0.3, 0.4) is 0 Å². The first-order valence-corrected chi connectivity index (χ1v) is 8.77. The van der Waals surface area contributed by atoms with E-state index in [4.69, 9.17) is 14.2 Å². The number of esters is 1. The molecule has 6 nitrogen and oxygen atoms in total. The Bertz CT molecular complexity index is 755. The van der Waals surface area contributed by atoms with Crippen LogP contribution >= 0.6 is 0 Å². The average Bonchev–Trinajstić information content (AvgIpc) is 2.65. The molecular weight excluding hydrogens is 346 g/mol. The van der Waals surface area contributed by atoms with E-state index in [-0.39, 0.29) is 25.0 Å². The highest BCUT2D eigenvalue weighted by atomic mass is 16.5. The Hall–Kier alpha value is -3.02. The molecule has 0 radical (unpaired) electrons. The molecule has 0 aromatic heterocycles. The zero-order valence-electron chi connectivity index (χ0n) is 15.9. The Kier molecular flexibility index (Phi) is 7.67. The number of ether oxygens (including phenoxy) is 3. The minimum atomic E-state index is -0.462. The van der Waals surface area contributed by atoms with Crippen LogP contribution in [0.2, 0.25) is 0 Å². The second kappa shape index (κ2) is 10.2. The van der Waals surface area contributed by atoms with E-state index in [2.05, 4.69) is 5.32 Å². The second-order valence-electron chi connectivity index (χ2n) is 6.28. The molecule has 144 valence electrons. The fourth-order valence-electron chi connectivity index (χ4n) is 2.36. The summed E-state index contributed by atoms with van der Waals surface area (Å²) in [4.78, 5) is 23.8. The maximum Gasteiger partial charge on any atom is 0.310 e. The predicted molar refractivity (Wildman–Crippen MR) is 102 cm³/mol. The molecule has 27 heavy (non-hydrogen) atoms. The molecule has 0 fully saturated rings. The molecule has 0 aliphatic heterocycles. The topological polar surface area (TPSA) is 73.9 Å². The number of carbonyl (C=O) groups is 2. The van der Waals surface area contributed by atoms with E-state index >= 15 is 0 Å². The summed E-state index contributed by atoms with van der Waals surface area (Å²) in [5.74, 6) is 0.641. The van der Waals surface area contributed by atoms with E-state index in [1.165, 1.54) is 0 Å². The van der Waals surface area contributed by atoms with Gasteiger partial charge in [-0.3, -0.25) is 9.59 Å². The van der Waals surface area contributed by atoms with Gasteiger partial charge in [0.15, 0.2) is 6.61 Å². The van der Waals surface area contributed by atoms with Crippen molar-refractivity contribution < 1.29 is 23.8 Å². The van der Waals surface area contributed by atoms with Gasteiger partial charge in [-0.1, -0.05) is 24.3 Å². The summed E-state index contributed by atoms with van der Waals surface area (Å²) in [5, 5.41) is 2.71. The first-order chi connectivity index (χ1) is 13.0. The lowest BCUT2D eigenvalue weighted by atomic mass is 10.1. The average molecular weight is 371 g/mol. The molecule has 6 heteroatoms. The molecule has 0 bridgehead atoms. The number of benzene rings is 2. The molecule has 0 heterocycles. The first-order valence-electron chi connectivity index (χ1n) is 8.77. The molecule has 0 atom stereocenters. The van der Waals surface area contributed by atoms with Gasteiger partial charge in [0.1, 0.15) is 11.5 Å². The van der Waals surface area contributed by atoms with Crippen LogP contribution in [-0.4, -0.2) is 31.7 Å². The van der Waals surface area contributed by atoms with E-state index in [1.807, 2.05) is 56.3 Å². The van der Waals surface area contributed by atoms with E-state index in [0.29, 0.717) is 12.3 Å². The van der Waals surface area contributed by atoms with Crippen LogP contribution in [0.15, 0.2) is 48.5 Å². The van der Waals surface area contributed by atoms with Crippen molar-refractivity contribution in [3.05, 3.63) is 59.7 Å². The molecule has 2 rings (SSSR count). The van der Waals surface area contributed by atoms with Gasteiger partial charge < -0.3 is 19.5 Å². The molecule has 0 spiro atoms. The maximum absolute atomic E-state index is 11.9. The van der Waals surface area contributed by atoms with Crippen LogP contribution in [0, 0.1) is 0 Å². The van der Waals surface area contributed by atoms with Crippen molar-refractivity contribution in [3.63, 3.8) is 0 Å². The molecule has 0 aliphatic rings. The highest BCUT2D eigenvalue weighted by Gasteiger charge is 2.10. The van der Waals surface area contributed by atoms with E-state index < -0.39 is 5.97 Å². The third-order valence-electron chi connectivity index (χ3n) is 3.63. The largest absolute Gasteiger partial charge is 0.497 e. The van der Waals surface area contributed by atoms with Gasteiger partial charge in [0.25, 0.3) is 5.91 Å². The van der Waals surface area contributed by atoms with Gasteiger partial charge in [-0.05, 0) is 49.2 Å². The zero-order chi connectivity index (χ0) is 19.6. The fraction of sp³-hybridized carbons (Fsp3) is 0.333. The van der Waals surface area contributed by atoms with Crippen LogP contribution in [0.1, 0.15) is 25.0 Å². The Balaban J connectivity index is 1.73. The Morgan fingerprint density at radius 3 is 2.41 bits per heavy atom. The van der Waals surface area contributed by atoms with Crippen molar-refractivity contribution in [1.29, 1.82) is 0 Å². The van der Waals surface area contributed by atoms with Gasteiger partial charge in [-0.25, -0.2) is 0 Å². The summed E-state index contributed by atoms with van der Waals surface area (Å²) < 4.78 is 15.7. The zero-order valence-corrected chi connectivity index (χ0v) is 15.9. The van der Waals surface area contributed by atoms with Crippen LogP contribution in [0.5, 0.6) is 11.5 Å². The summed E-state index contributed by atoms with van der Waals surface area (Å²) in [6, 6.07) is 14.6. The normalized spacial score (nSPS) is 10.4. The van der Waals surface area contributed by atoms with E-state index in [0.717, 1.165) is 16.9 Å². The van der Waals surface area contributed by atoms with E-state index in [9.17, 15) is 9.59 Å². The van der Waals surface area contributed by atoms with Gasteiger partial charge >= 0.3 is 5.97 Å². The maximum atomic E-state index is 11.9. The van der Waals surface area contributed by atoms with Crippen LogP contribution in [0.25, 0.3) is 0 Å². The van der Waals surface area contributed by atoms with Gasteiger partial charge in [0, 0.05) is 6.54 Å². The van der Waals surface area contributed by atoms with Crippen molar-refractivity contribution in [3.8, 4) is 11.5 Å². The van der Waals surface area contributed by atoms with Crippen molar-refractivity contribution in [2.24, 2.45) is 0 Å². The number of rotatable bonds is 9. The third-order valence-corrected chi connectivity index (χ3v) is 3.63. The minimum Gasteiger partial charge on any atom is -0.497 e. The molecule has 0 aliphatic carbocycles. The van der Waals surface area contributed by atoms with Gasteiger partial charge in [-0.2, -0.15) is 0 Å². The minimum absolute atomic E-state index is 0.0570. The number of hydrogen-bond acceptors (Lipinski definition) is 5. The molecule has 0 unspecified atom stereocenters. The molecular formula is C21H25NO5. The molecule has 0 saturated heterocycles. The monoisotopic (exact) mass is 371 g/mol. The lowest BCUT2D eigenvalue weighted by Crippen LogP contribution is -2.28. The summed E-state index contributed by atoms with van der Waals surface area (Å²) in [5.41, 5.74) is 1.70. The van der Waals surface area contributed by atoms with Gasteiger partial charge in [-0.15, -0.1) is 0 Å². The second-order valence-corrected chi connectivity index (χ2v) is 6.28. The lowest BCUT2D eigenvalue weighted by molar-refractivity contribution is -0.147. The lowest BCUT2D eigenvalue weighted by Gasteiger charge is -2.11. The number of amides is 1. The van der Waals surface area contributed by atoms with E-state index in [1.54, 1.807) is 13.2 Å². The number of nitrogens with one attached hydrogen (secondary N) is 1. The highest BCUT2D eigenvalue weighted by molar-refractivity contribution is 5.81. The summed E-state index contributed by atoms with van der Waals surface area (Å²) in [6.45, 7) is 3.92. The van der Waals surface area contributed by atoms with Crippen LogP contribution in [0.4, 0.5) is 0 Å². The molecule has 2 aromatic rings. The van der Waals surface area contributed by atoms with Crippen molar-refractivity contribution >= 4 is 11.9 Å². The first kappa shape index (κ1) is 20.3. The Morgan fingerprint density at radius 1 is 1.00 bits per heavy atom. The smallest absolute Gasteiger partial charge is 0.310 e. The predicted octanol–water partition coefficient (Wildman–Crippen LogP) is 2.88. The highest BCUT2D eigenvalue weighted by Crippen LogP contribution is 2.15. The van der Waals surface area contributed by atoms with Crippen LogP contribution in [-0.2, 0) is 27.3 Å². The fourth-order valence-corrected chi connectivity index (χ4v) is 2.36. The summed E-state index contributed by atoms with van der Waals surface area (Å²) in [6.07, 6.45) is 0.141. The Labute approximate surface area is 159 Å². The van der Waals surface area contributed by atoms with Crippen molar-refractivity contribution in [1.82, 2.24) is 5.32 Å². The number of methoxy groups -OCH3 is 1. The number of hydrogen-bond donors (Lipinski definition) is 1. The quantitative estimate of drug-likeness (QED) is 0.686. The summed E-state index contributed by atoms with van der Waals surface area (Å²) >= 11 is 0. The van der Waals surface area contributed by atoms with Crippen molar-refractivity contribution in [2.45, 2.75) is 32.9 Å². The summed E-state index contributed by atoms with van der Waals surface area (Å²) in [7, 11) is 1.60. The SMILES string of the molecule is COc1ccc(CNC(=O)COC(=O)Cc2cccc(OC(C)C)c2)cc1. The van der Waals surface area contributed by atoms with Crippen LogP contribution < -0.4 is 14.8 Å². The van der Waals surface area contributed by atoms with Gasteiger partial charge in [0.05, 0.1) is 19.6 Å². The standard InChI is InChI=1S/C21H25NO5/c1-15(2)27-19-6-4-5-17(11-19)12-21(24)26-14-20(23)22-13-16-7-9-18(25-3)10-8-16/h4-11,15H,12-14H2,1-3H3,(H,22,23). The third kappa shape index (κ3) is 7.40.